The molecule has 110 valence electrons. The highest BCUT2D eigenvalue weighted by atomic mass is 32.2. The van der Waals surface area contributed by atoms with E-state index in [0.29, 0.717) is 19.1 Å². The Bertz CT molecular complexity index is 281. The summed E-state index contributed by atoms with van der Waals surface area (Å²) in [5.74, 6) is 1.35. The maximum absolute atomic E-state index is 12.0. The average Bonchev–Trinajstić information content (AvgIpc) is 2.40. The molecule has 19 heavy (non-hydrogen) atoms. The fourth-order valence-electron chi connectivity index (χ4n) is 2.92. The molecule has 0 aromatic heterocycles. The Morgan fingerprint density at radius 2 is 2.37 bits per heavy atom. The van der Waals surface area contributed by atoms with Crippen LogP contribution in [-0.4, -0.2) is 48.8 Å². The topological polar surface area (TPSA) is 50.4 Å². The van der Waals surface area contributed by atoms with Gasteiger partial charge in [0.05, 0.1) is 13.2 Å². The first-order valence-electron chi connectivity index (χ1n) is 7.50. The van der Waals surface area contributed by atoms with Crippen LogP contribution in [0.5, 0.6) is 0 Å². The minimum absolute atomic E-state index is 0.176. The van der Waals surface area contributed by atoms with Crippen molar-refractivity contribution in [2.24, 2.45) is 0 Å². The summed E-state index contributed by atoms with van der Waals surface area (Å²) in [6.45, 7) is 4.49. The molecule has 2 fully saturated rings. The SMILES string of the molecule is CCSC1CCCC(NC(=O)CC2COCCN2)C1. The molecule has 0 aromatic carbocycles. The molecule has 3 atom stereocenters. The highest BCUT2D eigenvalue weighted by molar-refractivity contribution is 7.99. The van der Waals surface area contributed by atoms with E-state index in [1.54, 1.807) is 0 Å². The van der Waals surface area contributed by atoms with Crippen molar-refractivity contribution in [1.82, 2.24) is 10.6 Å². The molecule has 0 aromatic rings. The normalized spacial score (nSPS) is 31.9. The van der Waals surface area contributed by atoms with Crippen molar-refractivity contribution in [2.45, 2.75) is 56.4 Å². The molecule has 1 heterocycles. The minimum Gasteiger partial charge on any atom is -0.378 e. The molecule has 1 aliphatic carbocycles. The van der Waals surface area contributed by atoms with Crippen LogP contribution in [-0.2, 0) is 9.53 Å². The largest absolute Gasteiger partial charge is 0.378 e. The van der Waals surface area contributed by atoms with E-state index in [1.165, 1.54) is 18.6 Å². The second-order valence-electron chi connectivity index (χ2n) is 5.44. The number of thioether (sulfide) groups is 1. The first-order chi connectivity index (χ1) is 9.28. The van der Waals surface area contributed by atoms with Crippen molar-refractivity contribution in [3.8, 4) is 0 Å². The molecule has 1 aliphatic heterocycles. The maximum atomic E-state index is 12.0. The molecular formula is C14H26N2O2S. The number of hydrogen-bond acceptors (Lipinski definition) is 4. The van der Waals surface area contributed by atoms with Gasteiger partial charge in [0, 0.05) is 30.3 Å². The first kappa shape index (κ1) is 15.1. The minimum atomic E-state index is 0.176. The van der Waals surface area contributed by atoms with Gasteiger partial charge in [-0.05, 0) is 25.0 Å². The summed E-state index contributed by atoms with van der Waals surface area (Å²) in [5, 5.41) is 7.27. The van der Waals surface area contributed by atoms with Gasteiger partial charge >= 0.3 is 0 Å². The zero-order valence-electron chi connectivity index (χ0n) is 11.8. The zero-order chi connectivity index (χ0) is 13.5. The standard InChI is InChI=1S/C14H26N2O2S/c1-2-19-13-5-3-4-11(8-13)16-14(17)9-12-10-18-7-6-15-12/h11-13,15H,2-10H2,1H3,(H,16,17). The smallest absolute Gasteiger partial charge is 0.221 e. The van der Waals surface area contributed by atoms with E-state index in [0.717, 1.165) is 31.2 Å². The van der Waals surface area contributed by atoms with Gasteiger partial charge in [-0.1, -0.05) is 13.3 Å². The monoisotopic (exact) mass is 286 g/mol. The third-order valence-corrected chi connectivity index (χ3v) is 5.06. The molecule has 0 bridgehead atoms. The lowest BCUT2D eigenvalue weighted by Gasteiger charge is -2.30. The van der Waals surface area contributed by atoms with Crippen LogP contribution in [0.3, 0.4) is 0 Å². The van der Waals surface area contributed by atoms with Gasteiger partial charge in [-0.3, -0.25) is 4.79 Å². The van der Waals surface area contributed by atoms with Crippen LogP contribution in [0, 0.1) is 0 Å². The molecule has 1 amide bonds. The van der Waals surface area contributed by atoms with Crippen molar-refractivity contribution in [3.63, 3.8) is 0 Å². The van der Waals surface area contributed by atoms with Crippen LogP contribution in [0.15, 0.2) is 0 Å². The summed E-state index contributed by atoms with van der Waals surface area (Å²) in [5.41, 5.74) is 0. The first-order valence-corrected chi connectivity index (χ1v) is 8.55. The van der Waals surface area contributed by atoms with E-state index in [2.05, 4.69) is 17.6 Å². The van der Waals surface area contributed by atoms with Gasteiger partial charge in [-0.2, -0.15) is 11.8 Å². The predicted octanol–water partition coefficient (Wildman–Crippen LogP) is 1.55. The van der Waals surface area contributed by atoms with Gasteiger partial charge in [0.25, 0.3) is 0 Å². The third kappa shape index (κ3) is 5.32. The van der Waals surface area contributed by atoms with Crippen LogP contribution >= 0.6 is 11.8 Å². The maximum Gasteiger partial charge on any atom is 0.221 e. The van der Waals surface area contributed by atoms with Crippen molar-refractivity contribution < 1.29 is 9.53 Å². The highest BCUT2D eigenvalue weighted by Gasteiger charge is 2.24. The Morgan fingerprint density at radius 3 is 3.11 bits per heavy atom. The summed E-state index contributed by atoms with van der Waals surface area (Å²) in [4.78, 5) is 12.0. The summed E-state index contributed by atoms with van der Waals surface area (Å²) in [7, 11) is 0. The summed E-state index contributed by atoms with van der Waals surface area (Å²) < 4.78 is 5.38. The van der Waals surface area contributed by atoms with Crippen molar-refractivity contribution in [3.05, 3.63) is 0 Å². The molecule has 0 radical (unpaired) electrons. The van der Waals surface area contributed by atoms with E-state index in [-0.39, 0.29) is 11.9 Å². The van der Waals surface area contributed by atoms with Crippen LogP contribution in [0.4, 0.5) is 0 Å². The summed E-state index contributed by atoms with van der Waals surface area (Å²) in [6, 6.07) is 0.577. The van der Waals surface area contributed by atoms with E-state index >= 15 is 0 Å². The van der Waals surface area contributed by atoms with E-state index in [4.69, 9.17) is 4.74 Å². The van der Waals surface area contributed by atoms with Gasteiger partial charge in [0.15, 0.2) is 0 Å². The molecule has 2 aliphatic rings. The molecule has 1 saturated heterocycles. The predicted molar refractivity (Wildman–Crippen MR) is 79.5 cm³/mol. The van der Waals surface area contributed by atoms with Crippen LogP contribution in [0.2, 0.25) is 0 Å². The Kier molecular flexibility index (Phi) is 6.47. The Hall–Kier alpha value is -0.260. The molecule has 2 N–H and O–H groups in total. The quantitative estimate of drug-likeness (QED) is 0.805. The fraction of sp³-hybridized carbons (Fsp3) is 0.929. The lowest BCUT2D eigenvalue weighted by Crippen LogP contribution is -2.46. The van der Waals surface area contributed by atoms with E-state index in [9.17, 15) is 4.79 Å². The summed E-state index contributed by atoms with van der Waals surface area (Å²) >= 11 is 2.04. The molecule has 2 rings (SSSR count). The Labute approximate surface area is 120 Å². The van der Waals surface area contributed by atoms with Gasteiger partial charge in [0.2, 0.25) is 5.91 Å². The van der Waals surface area contributed by atoms with Gasteiger partial charge in [-0.15, -0.1) is 0 Å². The van der Waals surface area contributed by atoms with Gasteiger partial charge in [-0.25, -0.2) is 0 Å². The number of carbonyl (C=O) groups excluding carboxylic acids is 1. The number of rotatable bonds is 5. The fourth-order valence-corrected chi connectivity index (χ4v) is 4.10. The van der Waals surface area contributed by atoms with Crippen LogP contribution in [0.1, 0.15) is 39.0 Å². The molecule has 4 nitrogen and oxygen atoms in total. The Balaban J connectivity index is 1.68. The lowest BCUT2D eigenvalue weighted by atomic mass is 9.94. The summed E-state index contributed by atoms with van der Waals surface area (Å²) in [6.07, 6.45) is 5.37. The number of morpholine rings is 1. The molecule has 5 heteroatoms. The highest BCUT2D eigenvalue weighted by Crippen LogP contribution is 2.28. The average molecular weight is 286 g/mol. The van der Waals surface area contributed by atoms with Gasteiger partial charge < -0.3 is 15.4 Å². The number of hydrogen-bond donors (Lipinski definition) is 2. The van der Waals surface area contributed by atoms with Crippen molar-refractivity contribution in [2.75, 3.05) is 25.5 Å². The number of carbonyl (C=O) groups is 1. The lowest BCUT2D eigenvalue weighted by molar-refractivity contribution is -0.123. The van der Waals surface area contributed by atoms with Crippen LogP contribution < -0.4 is 10.6 Å². The van der Waals surface area contributed by atoms with Gasteiger partial charge in [0.1, 0.15) is 0 Å². The molecule has 0 spiro atoms. The molecule has 1 saturated carbocycles. The number of ether oxygens (including phenoxy) is 1. The van der Waals surface area contributed by atoms with Crippen molar-refractivity contribution >= 4 is 17.7 Å². The van der Waals surface area contributed by atoms with Crippen molar-refractivity contribution in [1.29, 1.82) is 0 Å². The Morgan fingerprint density at radius 1 is 1.47 bits per heavy atom. The molecule has 3 unspecified atom stereocenters. The second-order valence-corrected chi connectivity index (χ2v) is 7.02. The van der Waals surface area contributed by atoms with Crippen LogP contribution in [0.25, 0.3) is 0 Å². The molecular weight excluding hydrogens is 260 g/mol. The third-order valence-electron chi connectivity index (χ3n) is 3.82. The number of amides is 1. The van der Waals surface area contributed by atoms with E-state index < -0.39 is 0 Å². The zero-order valence-corrected chi connectivity index (χ0v) is 12.6. The van der Waals surface area contributed by atoms with E-state index in [1.807, 2.05) is 11.8 Å². The number of nitrogens with one attached hydrogen (secondary N) is 2. The second kappa shape index (κ2) is 8.12.